The van der Waals surface area contributed by atoms with Gasteiger partial charge in [-0.1, -0.05) is 0 Å². The first-order valence-electron chi connectivity index (χ1n) is 10.1. The molecule has 0 aliphatic carbocycles. The van der Waals surface area contributed by atoms with Crippen LogP contribution in [0.2, 0.25) is 0 Å². The molecule has 7 heteroatoms. The Labute approximate surface area is 171 Å². The van der Waals surface area contributed by atoms with Crippen LogP contribution in [0.5, 0.6) is 5.75 Å². The number of piperidine rings is 1. The summed E-state index contributed by atoms with van der Waals surface area (Å²) >= 11 is 0. The molecule has 0 bridgehead atoms. The van der Waals surface area contributed by atoms with Gasteiger partial charge in [-0.15, -0.1) is 0 Å². The van der Waals surface area contributed by atoms with Crippen LogP contribution in [0.3, 0.4) is 0 Å². The van der Waals surface area contributed by atoms with Crippen molar-refractivity contribution in [2.45, 2.75) is 39.3 Å². The largest absolute Gasteiger partial charge is 0.494 e. The number of benzene rings is 1. The molecule has 0 radical (unpaired) electrons. The van der Waals surface area contributed by atoms with Crippen molar-refractivity contribution >= 4 is 17.5 Å². The summed E-state index contributed by atoms with van der Waals surface area (Å²) in [7, 11) is 0. The van der Waals surface area contributed by atoms with Gasteiger partial charge < -0.3 is 19.8 Å². The highest BCUT2D eigenvalue weighted by molar-refractivity contribution is 5.94. The highest BCUT2D eigenvalue weighted by Gasteiger charge is 2.29. The zero-order valence-corrected chi connectivity index (χ0v) is 17.0. The third-order valence-corrected chi connectivity index (χ3v) is 5.28. The Balaban J connectivity index is 1.43. The van der Waals surface area contributed by atoms with Crippen molar-refractivity contribution < 1.29 is 18.7 Å². The summed E-state index contributed by atoms with van der Waals surface area (Å²) in [6.07, 6.45) is 3.08. The number of anilines is 1. The van der Waals surface area contributed by atoms with Crippen molar-refractivity contribution in [1.82, 2.24) is 10.2 Å². The van der Waals surface area contributed by atoms with E-state index in [1.54, 1.807) is 12.3 Å². The maximum absolute atomic E-state index is 12.6. The van der Waals surface area contributed by atoms with E-state index in [1.165, 1.54) is 0 Å². The van der Waals surface area contributed by atoms with Gasteiger partial charge in [0.1, 0.15) is 11.5 Å². The van der Waals surface area contributed by atoms with Crippen LogP contribution in [0.15, 0.2) is 47.1 Å². The van der Waals surface area contributed by atoms with Crippen molar-refractivity contribution in [2.24, 2.45) is 5.92 Å². The minimum atomic E-state index is -0.256. The van der Waals surface area contributed by atoms with Crippen molar-refractivity contribution in [3.63, 3.8) is 0 Å². The van der Waals surface area contributed by atoms with E-state index >= 15 is 0 Å². The van der Waals surface area contributed by atoms with E-state index < -0.39 is 0 Å². The number of amides is 2. The summed E-state index contributed by atoms with van der Waals surface area (Å²) < 4.78 is 10.7. The summed E-state index contributed by atoms with van der Waals surface area (Å²) in [6.45, 7) is 6.30. The fraction of sp³-hybridized carbons (Fsp3) is 0.455. The number of nitrogens with zero attached hydrogens (tertiary/aromatic N) is 1. The molecule has 29 heavy (non-hydrogen) atoms. The minimum absolute atomic E-state index is 0.0254. The Morgan fingerprint density at radius 3 is 2.55 bits per heavy atom. The molecule has 1 fully saturated rings. The van der Waals surface area contributed by atoms with Gasteiger partial charge in [-0.2, -0.15) is 0 Å². The lowest BCUT2D eigenvalue weighted by Gasteiger charge is -2.34. The van der Waals surface area contributed by atoms with Crippen molar-refractivity contribution in [2.75, 3.05) is 25.0 Å². The number of carbonyl (C=O) groups excluding carboxylic acids is 2. The normalized spacial score (nSPS) is 16.2. The van der Waals surface area contributed by atoms with Crippen molar-refractivity contribution in [3.05, 3.63) is 48.4 Å². The molecule has 0 spiro atoms. The summed E-state index contributed by atoms with van der Waals surface area (Å²) in [5, 5.41) is 5.88. The standard InChI is InChI=1S/C22H29N3O4/c1-3-28-19-8-6-18(7-9-19)24-21(26)16(2)25-12-10-17(11-13-25)22(27)23-15-20-5-4-14-29-20/h4-9,14,16-17H,3,10-13,15H2,1-2H3,(H,23,27)(H,24,26). The van der Waals surface area contributed by atoms with Gasteiger partial charge in [-0.05, 0) is 76.2 Å². The molecule has 7 nitrogen and oxygen atoms in total. The number of ether oxygens (including phenoxy) is 1. The van der Waals surface area contributed by atoms with E-state index in [2.05, 4.69) is 15.5 Å². The van der Waals surface area contributed by atoms with Gasteiger partial charge in [0, 0.05) is 11.6 Å². The molecular weight excluding hydrogens is 370 g/mol. The first-order chi connectivity index (χ1) is 14.1. The second-order valence-corrected chi connectivity index (χ2v) is 7.23. The molecule has 1 unspecified atom stereocenters. The van der Waals surface area contributed by atoms with Crippen LogP contribution in [0, 0.1) is 5.92 Å². The number of hydrogen-bond donors (Lipinski definition) is 2. The average molecular weight is 399 g/mol. The molecular formula is C22H29N3O4. The second-order valence-electron chi connectivity index (χ2n) is 7.23. The smallest absolute Gasteiger partial charge is 0.241 e. The van der Waals surface area contributed by atoms with Crippen LogP contribution in [0.25, 0.3) is 0 Å². The highest BCUT2D eigenvalue weighted by atomic mass is 16.5. The number of furan rings is 1. The zero-order chi connectivity index (χ0) is 20.6. The molecule has 2 N–H and O–H groups in total. The fourth-order valence-electron chi connectivity index (χ4n) is 3.49. The summed E-state index contributed by atoms with van der Waals surface area (Å²) in [5.41, 5.74) is 0.748. The van der Waals surface area contributed by atoms with E-state index in [0.717, 1.165) is 43.1 Å². The van der Waals surface area contributed by atoms with Gasteiger partial charge >= 0.3 is 0 Å². The van der Waals surface area contributed by atoms with Gasteiger partial charge in [-0.3, -0.25) is 14.5 Å². The maximum atomic E-state index is 12.6. The molecule has 156 valence electrons. The Bertz CT molecular complexity index is 781. The molecule has 2 amide bonds. The summed E-state index contributed by atoms with van der Waals surface area (Å²) in [4.78, 5) is 27.1. The summed E-state index contributed by atoms with van der Waals surface area (Å²) in [6, 6.07) is 10.8. The van der Waals surface area contributed by atoms with Gasteiger partial charge in [0.25, 0.3) is 0 Å². The topological polar surface area (TPSA) is 83.8 Å². The molecule has 0 saturated carbocycles. The SMILES string of the molecule is CCOc1ccc(NC(=O)C(C)N2CCC(C(=O)NCc3ccco3)CC2)cc1. The van der Waals surface area contributed by atoms with Crippen LogP contribution in [-0.4, -0.2) is 42.5 Å². The lowest BCUT2D eigenvalue weighted by atomic mass is 9.95. The molecule has 1 atom stereocenters. The van der Waals surface area contributed by atoms with Gasteiger partial charge in [-0.25, -0.2) is 0 Å². The van der Waals surface area contributed by atoms with Crippen molar-refractivity contribution in [1.29, 1.82) is 0 Å². The first-order valence-corrected chi connectivity index (χ1v) is 10.1. The Morgan fingerprint density at radius 1 is 1.21 bits per heavy atom. The van der Waals surface area contributed by atoms with Crippen LogP contribution < -0.4 is 15.4 Å². The zero-order valence-electron chi connectivity index (χ0n) is 17.0. The number of carbonyl (C=O) groups is 2. The van der Waals surface area contributed by atoms with E-state index in [1.807, 2.05) is 44.2 Å². The average Bonchev–Trinajstić information content (AvgIpc) is 3.27. The van der Waals surface area contributed by atoms with Crippen LogP contribution in [0.4, 0.5) is 5.69 Å². The summed E-state index contributed by atoms with van der Waals surface area (Å²) in [5.74, 6) is 1.51. The van der Waals surface area contributed by atoms with Crippen LogP contribution in [-0.2, 0) is 16.1 Å². The van der Waals surface area contributed by atoms with E-state index in [4.69, 9.17) is 9.15 Å². The lowest BCUT2D eigenvalue weighted by molar-refractivity contribution is -0.127. The van der Waals surface area contributed by atoms with Crippen LogP contribution >= 0.6 is 0 Å². The number of likely N-dealkylation sites (tertiary alicyclic amines) is 1. The van der Waals surface area contributed by atoms with E-state index in [-0.39, 0.29) is 23.8 Å². The van der Waals surface area contributed by atoms with E-state index in [9.17, 15) is 9.59 Å². The molecule has 2 aromatic rings. The Kier molecular flexibility index (Phi) is 7.30. The fourth-order valence-corrected chi connectivity index (χ4v) is 3.49. The maximum Gasteiger partial charge on any atom is 0.241 e. The lowest BCUT2D eigenvalue weighted by Crippen LogP contribution is -2.48. The van der Waals surface area contributed by atoms with Crippen LogP contribution in [0.1, 0.15) is 32.4 Å². The third-order valence-electron chi connectivity index (χ3n) is 5.28. The second kappa shape index (κ2) is 10.1. The van der Waals surface area contributed by atoms with Gasteiger partial charge in [0.05, 0.1) is 25.5 Å². The minimum Gasteiger partial charge on any atom is -0.494 e. The number of rotatable bonds is 8. The molecule has 1 aromatic heterocycles. The number of nitrogens with one attached hydrogen (secondary N) is 2. The number of hydrogen-bond acceptors (Lipinski definition) is 5. The van der Waals surface area contributed by atoms with E-state index in [0.29, 0.717) is 13.2 Å². The predicted molar refractivity (Wildman–Crippen MR) is 111 cm³/mol. The van der Waals surface area contributed by atoms with Gasteiger partial charge in [0.15, 0.2) is 0 Å². The highest BCUT2D eigenvalue weighted by Crippen LogP contribution is 2.21. The molecule has 1 aliphatic heterocycles. The van der Waals surface area contributed by atoms with Crippen molar-refractivity contribution in [3.8, 4) is 5.75 Å². The quantitative estimate of drug-likeness (QED) is 0.713. The molecule has 1 aromatic carbocycles. The third kappa shape index (κ3) is 5.84. The molecule has 2 heterocycles. The Morgan fingerprint density at radius 2 is 1.93 bits per heavy atom. The monoisotopic (exact) mass is 399 g/mol. The molecule has 1 saturated heterocycles. The molecule has 1 aliphatic rings. The molecule has 3 rings (SSSR count). The predicted octanol–water partition coefficient (Wildman–Crippen LogP) is 3.03. The first kappa shape index (κ1) is 20.9. The Hall–Kier alpha value is -2.80. The van der Waals surface area contributed by atoms with Gasteiger partial charge in [0.2, 0.25) is 11.8 Å².